The third kappa shape index (κ3) is 4.34. The molecule has 0 radical (unpaired) electrons. The van der Waals surface area contributed by atoms with E-state index < -0.39 is 4.92 Å². The fourth-order valence-corrected chi connectivity index (χ4v) is 2.13. The van der Waals surface area contributed by atoms with E-state index in [1.54, 1.807) is 18.2 Å². The molecule has 1 N–H and O–H groups in total. The molecule has 3 aromatic rings. The standard InChI is InChI=1S/C16H14FN5O3/c17-12-5-3-11(4-6-12)16-20-15(25-21-16)2-1-9-18-14-8-7-13(10-19-14)22(23)24/h3-8,10H,1-2,9H2,(H,18,19). The number of halogens is 1. The fourth-order valence-electron chi connectivity index (χ4n) is 2.13. The Hall–Kier alpha value is -3.36. The van der Waals surface area contributed by atoms with Crippen molar-refractivity contribution in [2.75, 3.05) is 11.9 Å². The molecule has 0 unspecified atom stereocenters. The lowest BCUT2D eigenvalue weighted by molar-refractivity contribution is -0.385. The van der Waals surface area contributed by atoms with Gasteiger partial charge in [-0.3, -0.25) is 10.1 Å². The van der Waals surface area contributed by atoms with E-state index >= 15 is 0 Å². The summed E-state index contributed by atoms with van der Waals surface area (Å²) in [5.74, 6) is 1.14. The number of nitrogens with zero attached hydrogens (tertiary/aromatic N) is 4. The van der Waals surface area contributed by atoms with Gasteiger partial charge < -0.3 is 9.84 Å². The number of anilines is 1. The Labute approximate surface area is 141 Å². The van der Waals surface area contributed by atoms with Crippen molar-refractivity contribution in [2.24, 2.45) is 0 Å². The van der Waals surface area contributed by atoms with E-state index in [0.717, 1.165) is 0 Å². The van der Waals surface area contributed by atoms with Gasteiger partial charge in [-0.2, -0.15) is 4.98 Å². The second kappa shape index (κ2) is 7.47. The number of benzene rings is 1. The second-order valence-electron chi connectivity index (χ2n) is 5.21. The minimum atomic E-state index is -0.495. The molecule has 128 valence electrons. The Morgan fingerprint density at radius 2 is 2.00 bits per heavy atom. The second-order valence-corrected chi connectivity index (χ2v) is 5.21. The van der Waals surface area contributed by atoms with Crippen molar-refractivity contribution < 1.29 is 13.8 Å². The van der Waals surface area contributed by atoms with Crippen LogP contribution in [0.4, 0.5) is 15.9 Å². The predicted octanol–water partition coefficient (Wildman–Crippen LogP) is 3.22. The first-order valence-corrected chi connectivity index (χ1v) is 7.54. The third-order valence-electron chi connectivity index (χ3n) is 3.40. The summed E-state index contributed by atoms with van der Waals surface area (Å²) in [6, 6.07) is 8.80. The summed E-state index contributed by atoms with van der Waals surface area (Å²) in [6.07, 6.45) is 2.48. The molecule has 2 heterocycles. The normalized spacial score (nSPS) is 10.6. The zero-order valence-corrected chi connectivity index (χ0v) is 13.1. The predicted molar refractivity (Wildman–Crippen MR) is 87.4 cm³/mol. The molecule has 9 heteroatoms. The summed E-state index contributed by atoms with van der Waals surface area (Å²) in [7, 11) is 0. The summed E-state index contributed by atoms with van der Waals surface area (Å²) in [5, 5.41) is 17.5. The molecule has 25 heavy (non-hydrogen) atoms. The number of pyridine rings is 1. The molecule has 0 aliphatic heterocycles. The van der Waals surface area contributed by atoms with Crippen molar-refractivity contribution >= 4 is 11.5 Å². The molecule has 0 saturated heterocycles. The molecule has 1 aromatic carbocycles. The maximum Gasteiger partial charge on any atom is 0.287 e. The van der Waals surface area contributed by atoms with Gasteiger partial charge in [-0.05, 0) is 36.8 Å². The SMILES string of the molecule is O=[N+]([O-])c1ccc(NCCCc2nc(-c3ccc(F)cc3)no2)nc1. The highest BCUT2D eigenvalue weighted by Crippen LogP contribution is 2.17. The Bertz CT molecular complexity index is 849. The van der Waals surface area contributed by atoms with Crippen molar-refractivity contribution in [3.05, 3.63) is 64.4 Å². The molecule has 0 bridgehead atoms. The average Bonchev–Trinajstić information content (AvgIpc) is 3.09. The number of hydrogen-bond acceptors (Lipinski definition) is 7. The third-order valence-corrected chi connectivity index (χ3v) is 3.40. The highest BCUT2D eigenvalue weighted by Gasteiger charge is 2.09. The lowest BCUT2D eigenvalue weighted by atomic mass is 10.2. The van der Waals surface area contributed by atoms with Gasteiger partial charge in [0.25, 0.3) is 5.69 Å². The van der Waals surface area contributed by atoms with Crippen molar-refractivity contribution in [3.63, 3.8) is 0 Å². The topological polar surface area (TPSA) is 107 Å². The summed E-state index contributed by atoms with van der Waals surface area (Å²) >= 11 is 0. The van der Waals surface area contributed by atoms with E-state index in [-0.39, 0.29) is 11.5 Å². The lowest BCUT2D eigenvalue weighted by Gasteiger charge is -2.03. The zero-order chi connectivity index (χ0) is 17.6. The molecule has 0 saturated carbocycles. The minimum Gasteiger partial charge on any atom is -0.370 e. The molecule has 2 aromatic heterocycles. The monoisotopic (exact) mass is 343 g/mol. The number of aromatic nitrogens is 3. The van der Waals surface area contributed by atoms with Crippen LogP contribution in [-0.2, 0) is 6.42 Å². The first-order chi connectivity index (χ1) is 12.1. The zero-order valence-electron chi connectivity index (χ0n) is 13.1. The number of nitrogens with one attached hydrogen (secondary N) is 1. The van der Waals surface area contributed by atoms with Crippen LogP contribution >= 0.6 is 0 Å². The van der Waals surface area contributed by atoms with Crippen molar-refractivity contribution in [1.29, 1.82) is 0 Å². The Kier molecular flexibility index (Phi) is 4.93. The summed E-state index contributed by atoms with van der Waals surface area (Å²) in [5.41, 5.74) is 0.634. The van der Waals surface area contributed by atoms with Gasteiger partial charge in [0, 0.05) is 24.6 Å². The lowest BCUT2D eigenvalue weighted by Crippen LogP contribution is -2.04. The molecule has 0 aliphatic rings. The van der Waals surface area contributed by atoms with Crippen molar-refractivity contribution in [3.8, 4) is 11.4 Å². The smallest absolute Gasteiger partial charge is 0.287 e. The fraction of sp³-hybridized carbons (Fsp3) is 0.188. The maximum absolute atomic E-state index is 12.9. The number of aryl methyl sites for hydroxylation is 1. The molecule has 0 amide bonds. The first kappa shape index (κ1) is 16.5. The van der Waals surface area contributed by atoms with Crippen LogP contribution in [0.25, 0.3) is 11.4 Å². The Morgan fingerprint density at radius 3 is 2.68 bits per heavy atom. The van der Waals surface area contributed by atoms with Gasteiger partial charge in [0.05, 0.1) is 4.92 Å². The first-order valence-electron chi connectivity index (χ1n) is 7.54. The molecule has 0 atom stereocenters. The molecular formula is C16H14FN5O3. The van der Waals surface area contributed by atoms with Gasteiger partial charge in [-0.1, -0.05) is 5.16 Å². The van der Waals surface area contributed by atoms with Crippen molar-refractivity contribution in [2.45, 2.75) is 12.8 Å². The van der Waals surface area contributed by atoms with Gasteiger partial charge in [-0.15, -0.1) is 0 Å². The summed E-state index contributed by atoms with van der Waals surface area (Å²) in [4.78, 5) is 18.3. The van der Waals surface area contributed by atoms with E-state index in [1.165, 1.54) is 24.4 Å². The van der Waals surface area contributed by atoms with Crippen LogP contribution in [0.15, 0.2) is 47.1 Å². The van der Waals surface area contributed by atoms with Crippen LogP contribution in [0.1, 0.15) is 12.3 Å². The van der Waals surface area contributed by atoms with Crippen LogP contribution < -0.4 is 5.32 Å². The Morgan fingerprint density at radius 1 is 1.20 bits per heavy atom. The highest BCUT2D eigenvalue weighted by atomic mass is 19.1. The van der Waals surface area contributed by atoms with Crippen LogP contribution in [0.2, 0.25) is 0 Å². The molecular weight excluding hydrogens is 329 g/mol. The molecule has 0 spiro atoms. The number of rotatable bonds is 7. The number of nitro groups is 1. The molecule has 8 nitrogen and oxygen atoms in total. The molecule has 0 fully saturated rings. The van der Waals surface area contributed by atoms with Crippen LogP contribution in [-0.4, -0.2) is 26.6 Å². The van der Waals surface area contributed by atoms with E-state index in [9.17, 15) is 14.5 Å². The summed E-state index contributed by atoms with van der Waals surface area (Å²) in [6.45, 7) is 0.596. The van der Waals surface area contributed by atoms with Crippen LogP contribution in [0, 0.1) is 15.9 Å². The van der Waals surface area contributed by atoms with E-state index in [1.807, 2.05) is 0 Å². The minimum absolute atomic E-state index is 0.0512. The molecule has 3 rings (SSSR count). The Balaban J connectivity index is 1.48. The van der Waals surface area contributed by atoms with Gasteiger partial charge >= 0.3 is 0 Å². The highest BCUT2D eigenvalue weighted by molar-refractivity contribution is 5.53. The van der Waals surface area contributed by atoms with Crippen LogP contribution in [0.3, 0.4) is 0 Å². The van der Waals surface area contributed by atoms with Crippen molar-refractivity contribution in [1.82, 2.24) is 15.1 Å². The van der Waals surface area contributed by atoms with E-state index in [4.69, 9.17) is 4.52 Å². The van der Waals surface area contributed by atoms with Crippen LogP contribution in [0.5, 0.6) is 0 Å². The van der Waals surface area contributed by atoms with Gasteiger partial charge in [0.2, 0.25) is 11.7 Å². The summed E-state index contributed by atoms with van der Waals surface area (Å²) < 4.78 is 18.1. The quantitative estimate of drug-likeness (QED) is 0.399. The van der Waals surface area contributed by atoms with E-state index in [2.05, 4.69) is 20.4 Å². The van der Waals surface area contributed by atoms with E-state index in [0.29, 0.717) is 42.5 Å². The van der Waals surface area contributed by atoms with Gasteiger partial charge in [0.1, 0.15) is 17.8 Å². The van der Waals surface area contributed by atoms with Gasteiger partial charge in [-0.25, -0.2) is 9.37 Å². The van der Waals surface area contributed by atoms with Gasteiger partial charge in [0.15, 0.2) is 0 Å². The maximum atomic E-state index is 12.9. The largest absolute Gasteiger partial charge is 0.370 e. The number of hydrogen-bond donors (Lipinski definition) is 1. The average molecular weight is 343 g/mol. The molecule has 0 aliphatic carbocycles.